The van der Waals surface area contributed by atoms with Crippen molar-refractivity contribution in [2.75, 3.05) is 13.1 Å². The van der Waals surface area contributed by atoms with Crippen molar-refractivity contribution in [3.8, 4) is 10.8 Å². The number of rotatable bonds is 4. The topological polar surface area (TPSA) is 55.6 Å². The SMILES string of the molecule is FC(F)(F)c1nc2ccccc2c2c1nc(-c1nccs1)n2CCC1CCNCC1. The van der Waals surface area contributed by atoms with E-state index in [4.69, 9.17) is 0 Å². The molecule has 1 saturated heterocycles. The Balaban J connectivity index is 1.74. The van der Waals surface area contributed by atoms with Crippen molar-refractivity contribution in [3.05, 3.63) is 41.5 Å². The minimum absolute atomic E-state index is 0.100. The summed E-state index contributed by atoms with van der Waals surface area (Å²) < 4.78 is 43.5. The molecule has 1 N–H and O–H groups in total. The number of pyridine rings is 1. The number of imidazole rings is 1. The van der Waals surface area contributed by atoms with Crippen LogP contribution in [0.15, 0.2) is 35.8 Å². The summed E-state index contributed by atoms with van der Waals surface area (Å²) in [6, 6.07) is 6.97. The Labute approximate surface area is 175 Å². The molecule has 4 heterocycles. The summed E-state index contributed by atoms with van der Waals surface area (Å²) in [6.45, 7) is 2.57. The van der Waals surface area contributed by atoms with Crippen LogP contribution in [0.2, 0.25) is 0 Å². The van der Waals surface area contributed by atoms with Crippen molar-refractivity contribution in [3.63, 3.8) is 0 Å². The van der Waals surface area contributed by atoms with Crippen LogP contribution in [0.3, 0.4) is 0 Å². The van der Waals surface area contributed by atoms with Crippen LogP contribution in [0.4, 0.5) is 13.2 Å². The van der Waals surface area contributed by atoms with Crippen molar-refractivity contribution >= 4 is 33.3 Å². The zero-order valence-corrected chi connectivity index (χ0v) is 16.9. The molecular weight excluding hydrogens is 411 g/mol. The van der Waals surface area contributed by atoms with E-state index >= 15 is 0 Å². The molecule has 0 aliphatic carbocycles. The van der Waals surface area contributed by atoms with Gasteiger partial charge in [-0.05, 0) is 44.3 Å². The number of para-hydroxylation sites is 1. The Morgan fingerprint density at radius 2 is 1.93 bits per heavy atom. The molecule has 30 heavy (non-hydrogen) atoms. The van der Waals surface area contributed by atoms with E-state index in [1.54, 1.807) is 18.3 Å². The summed E-state index contributed by atoms with van der Waals surface area (Å²) >= 11 is 1.38. The zero-order chi connectivity index (χ0) is 20.7. The standard InChI is InChI=1S/C21H20F3N5S/c22-21(23,24)18-16-17(14-3-1-2-4-15(14)27-18)29(11-7-13-5-8-25-9-6-13)19(28-16)20-26-10-12-30-20/h1-4,10,12-13,25H,5-9,11H2. The summed E-state index contributed by atoms with van der Waals surface area (Å²) in [6.07, 6.45) is 0.113. The van der Waals surface area contributed by atoms with Crippen molar-refractivity contribution in [1.82, 2.24) is 24.8 Å². The van der Waals surface area contributed by atoms with Gasteiger partial charge < -0.3 is 9.88 Å². The number of aryl methyl sites for hydroxylation is 1. The predicted octanol–water partition coefficient (Wildman–Crippen LogP) is 5.12. The summed E-state index contributed by atoms with van der Waals surface area (Å²) in [7, 11) is 0. The molecule has 1 fully saturated rings. The zero-order valence-electron chi connectivity index (χ0n) is 16.1. The van der Waals surface area contributed by atoms with Gasteiger partial charge in [0.2, 0.25) is 0 Å². The minimum Gasteiger partial charge on any atom is -0.321 e. The van der Waals surface area contributed by atoms with Crippen molar-refractivity contribution in [1.29, 1.82) is 0 Å². The van der Waals surface area contributed by atoms with Gasteiger partial charge in [-0.1, -0.05) is 18.2 Å². The number of halogens is 3. The maximum atomic E-state index is 13.9. The molecule has 3 aromatic heterocycles. The first kappa shape index (κ1) is 19.4. The molecule has 0 atom stereocenters. The molecule has 0 bridgehead atoms. The predicted molar refractivity (Wildman–Crippen MR) is 111 cm³/mol. The summed E-state index contributed by atoms with van der Waals surface area (Å²) in [5, 5.41) is 6.47. The Morgan fingerprint density at radius 3 is 2.67 bits per heavy atom. The fraction of sp³-hybridized carbons (Fsp3) is 0.381. The average molecular weight is 431 g/mol. The third-order valence-electron chi connectivity index (χ3n) is 5.70. The van der Waals surface area contributed by atoms with E-state index in [0.29, 0.717) is 39.7 Å². The first-order valence-electron chi connectivity index (χ1n) is 9.99. The second kappa shape index (κ2) is 7.63. The molecule has 5 rings (SSSR count). The van der Waals surface area contributed by atoms with E-state index in [1.165, 1.54) is 11.3 Å². The lowest BCUT2D eigenvalue weighted by molar-refractivity contribution is -0.139. The summed E-state index contributed by atoms with van der Waals surface area (Å²) in [5.41, 5.74) is -0.218. The summed E-state index contributed by atoms with van der Waals surface area (Å²) in [5.74, 6) is 1.03. The van der Waals surface area contributed by atoms with E-state index in [0.717, 1.165) is 32.4 Å². The second-order valence-electron chi connectivity index (χ2n) is 7.58. The number of alkyl halides is 3. The van der Waals surface area contributed by atoms with Gasteiger partial charge in [-0.25, -0.2) is 15.0 Å². The Hall–Kier alpha value is -2.52. The molecule has 0 radical (unpaired) electrons. The van der Waals surface area contributed by atoms with Gasteiger partial charge in [0.25, 0.3) is 0 Å². The second-order valence-corrected chi connectivity index (χ2v) is 8.47. The number of hydrogen-bond donors (Lipinski definition) is 1. The Bertz CT molecular complexity index is 1180. The average Bonchev–Trinajstić information content (AvgIpc) is 3.39. The molecular formula is C21H20F3N5S. The largest absolute Gasteiger partial charge is 0.435 e. The highest BCUT2D eigenvalue weighted by molar-refractivity contribution is 7.13. The number of hydrogen-bond acceptors (Lipinski definition) is 5. The van der Waals surface area contributed by atoms with Crippen LogP contribution >= 0.6 is 11.3 Å². The highest BCUT2D eigenvalue weighted by Crippen LogP contribution is 2.39. The van der Waals surface area contributed by atoms with Crippen LogP contribution in [0.1, 0.15) is 25.0 Å². The first-order chi connectivity index (χ1) is 14.5. The first-order valence-corrected chi connectivity index (χ1v) is 10.9. The van der Waals surface area contributed by atoms with Gasteiger partial charge in [-0.2, -0.15) is 13.2 Å². The Morgan fingerprint density at radius 1 is 1.13 bits per heavy atom. The van der Waals surface area contributed by atoms with E-state index in [-0.39, 0.29) is 5.52 Å². The molecule has 0 amide bonds. The molecule has 4 aromatic rings. The third-order valence-corrected chi connectivity index (χ3v) is 6.46. The fourth-order valence-corrected chi connectivity index (χ4v) is 4.86. The van der Waals surface area contributed by atoms with Crippen LogP contribution in [0.5, 0.6) is 0 Å². The molecule has 1 aliphatic heterocycles. The summed E-state index contributed by atoms with van der Waals surface area (Å²) in [4.78, 5) is 12.7. The maximum Gasteiger partial charge on any atom is 0.435 e. The number of piperidine rings is 1. The number of thiazole rings is 1. The van der Waals surface area contributed by atoms with Gasteiger partial charge in [0.15, 0.2) is 16.5 Å². The normalized spacial score (nSPS) is 16.0. The quantitative estimate of drug-likeness (QED) is 0.488. The monoisotopic (exact) mass is 431 g/mol. The highest BCUT2D eigenvalue weighted by Gasteiger charge is 2.37. The van der Waals surface area contributed by atoms with Crippen LogP contribution < -0.4 is 5.32 Å². The number of benzene rings is 1. The lowest BCUT2D eigenvalue weighted by Crippen LogP contribution is -2.28. The van der Waals surface area contributed by atoms with E-state index in [2.05, 4.69) is 20.3 Å². The smallest absolute Gasteiger partial charge is 0.321 e. The van der Waals surface area contributed by atoms with Crippen LogP contribution in [0.25, 0.3) is 32.8 Å². The van der Waals surface area contributed by atoms with Crippen molar-refractivity contribution < 1.29 is 13.2 Å². The number of fused-ring (bicyclic) bond motifs is 3. The van der Waals surface area contributed by atoms with Gasteiger partial charge in [0.05, 0.1) is 11.0 Å². The van der Waals surface area contributed by atoms with Gasteiger partial charge in [0.1, 0.15) is 5.52 Å². The lowest BCUT2D eigenvalue weighted by Gasteiger charge is -2.23. The Kier molecular flexibility index (Phi) is 4.94. The molecule has 5 nitrogen and oxygen atoms in total. The molecule has 0 spiro atoms. The van der Waals surface area contributed by atoms with E-state index < -0.39 is 11.9 Å². The van der Waals surface area contributed by atoms with E-state index in [9.17, 15) is 13.2 Å². The van der Waals surface area contributed by atoms with Crippen LogP contribution in [-0.4, -0.2) is 32.6 Å². The number of nitrogens with zero attached hydrogens (tertiary/aromatic N) is 4. The molecule has 156 valence electrons. The highest BCUT2D eigenvalue weighted by atomic mass is 32.1. The number of nitrogens with one attached hydrogen (secondary N) is 1. The van der Waals surface area contributed by atoms with Gasteiger partial charge in [0, 0.05) is 23.5 Å². The molecule has 1 aromatic carbocycles. The van der Waals surface area contributed by atoms with E-state index in [1.807, 2.05) is 22.1 Å². The third kappa shape index (κ3) is 3.45. The van der Waals surface area contributed by atoms with Gasteiger partial charge >= 0.3 is 6.18 Å². The van der Waals surface area contributed by atoms with Gasteiger partial charge in [-0.3, -0.25) is 0 Å². The lowest BCUT2D eigenvalue weighted by atomic mass is 9.94. The van der Waals surface area contributed by atoms with Crippen LogP contribution in [-0.2, 0) is 12.7 Å². The minimum atomic E-state index is -4.59. The van der Waals surface area contributed by atoms with Crippen molar-refractivity contribution in [2.45, 2.75) is 32.0 Å². The molecule has 0 unspecified atom stereocenters. The molecule has 0 saturated carbocycles. The molecule has 1 aliphatic rings. The van der Waals surface area contributed by atoms with Gasteiger partial charge in [-0.15, -0.1) is 11.3 Å². The van der Waals surface area contributed by atoms with Crippen molar-refractivity contribution in [2.24, 2.45) is 5.92 Å². The maximum absolute atomic E-state index is 13.9. The van der Waals surface area contributed by atoms with Crippen LogP contribution in [0, 0.1) is 5.92 Å². The molecule has 9 heteroatoms. The number of aromatic nitrogens is 4. The fourth-order valence-electron chi connectivity index (χ4n) is 4.23.